The van der Waals surface area contributed by atoms with Crippen molar-refractivity contribution >= 4 is 5.97 Å². The van der Waals surface area contributed by atoms with Gasteiger partial charge in [-0.15, -0.1) is 13.2 Å². The van der Waals surface area contributed by atoms with Crippen molar-refractivity contribution in [1.29, 1.82) is 0 Å². The molecule has 2 rings (SSSR count). The molecule has 0 aromatic heterocycles. The Bertz CT molecular complexity index is 602. The van der Waals surface area contributed by atoms with Crippen LogP contribution in [0.1, 0.15) is 17.3 Å². The predicted octanol–water partition coefficient (Wildman–Crippen LogP) is 2.99. The van der Waals surface area contributed by atoms with Crippen LogP contribution in [0, 0.1) is 5.92 Å². The van der Waals surface area contributed by atoms with Crippen molar-refractivity contribution in [2.24, 2.45) is 5.92 Å². The predicted molar refractivity (Wildman–Crippen MR) is 101 cm³/mol. The third-order valence-corrected chi connectivity index (χ3v) is 4.41. The molecule has 1 saturated heterocycles. The molecule has 1 heterocycles. The molecule has 0 saturated carbocycles. The summed E-state index contributed by atoms with van der Waals surface area (Å²) in [4.78, 5) is 12.5. The van der Waals surface area contributed by atoms with E-state index < -0.39 is 24.5 Å². The highest BCUT2D eigenvalue weighted by Gasteiger charge is 2.47. The lowest BCUT2D eigenvalue weighted by atomic mass is 9.90. The smallest absolute Gasteiger partial charge is 0.338 e. The van der Waals surface area contributed by atoms with Crippen LogP contribution in [-0.2, 0) is 23.7 Å². The summed E-state index contributed by atoms with van der Waals surface area (Å²) in [6, 6.07) is 8.79. The summed E-state index contributed by atoms with van der Waals surface area (Å²) in [5.41, 5.74) is 0.457. The molecule has 1 fully saturated rings. The molecule has 1 aliphatic rings. The van der Waals surface area contributed by atoms with E-state index in [1.165, 1.54) is 7.11 Å². The average molecular weight is 376 g/mol. The zero-order valence-electron chi connectivity index (χ0n) is 15.9. The van der Waals surface area contributed by atoms with Gasteiger partial charge < -0.3 is 23.7 Å². The number of hydrogen-bond donors (Lipinski definition) is 0. The molecular weight excluding hydrogens is 348 g/mol. The van der Waals surface area contributed by atoms with E-state index in [-0.39, 0.29) is 12.0 Å². The summed E-state index contributed by atoms with van der Waals surface area (Å²) in [5.74, 6) is -0.540. The van der Waals surface area contributed by atoms with Crippen LogP contribution in [0.15, 0.2) is 55.6 Å². The zero-order chi connectivity index (χ0) is 19.6. The van der Waals surface area contributed by atoms with Crippen molar-refractivity contribution < 1.29 is 28.5 Å². The van der Waals surface area contributed by atoms with Crippen LogP contribution >= 0.6 is 0 Å². The molecular formula is C21H28O6. The van der Waals surface area contributed by atoms with Crippen LogP contribution in [0.5, 0.6) is 0 Å². The summed E-state index contributed by atoms with van der Waals surface area (Å²) in [6.45, 7) is 10.4. The normalized spacial score (nSPS) is 27.7. The van der Waals surface area contributed by atoms with E-state index in [0.29, 0.717) is 25.4 Å². The maximum absolute atomic E-state index is 12.5. The summed E-state index contributed by atoms with van der Waals surface area (Å²) in [6.07, 6.45) is 1.16. The van der Waals surface area contributed by atoms with Crippen molar-refractivity contribution in [2.75, 3.05) is 26.9 Å². The Labute approximate surface area is 160 Å². The number of rotatable bonds is 10. The van der Waals surface area contributed by atoms with Crippen molar-refractivity contribution in [3.8, 4) is 0 Å². The van der Waals surface area contributed by atoms with E-state index in [4.69, 9.17) is 23.7 Å². The number of esters is 1. The monoisotopic (exact) mass is 376 g/mol. The number of methoxy groups -OCH3 is 1. The second kappa shape index (κ2) is 11.0. The van der Waals surface area contributed by atoms with Gasteiger partial charge >= 0.3 is 5.97 Å². The molecule has 5 atom stereocenters. The second-order valence-electron chi connectivity index (χ2n) is 6.29. The minimum absolute atomic E-state index is 0.0882. The standard InChI is InChI=1S/C21H28O6/c1-5-12-24-14-17-15(3)18(25-13-6-2)19(21(23-4)26-17)27-20(22)16-10-8-7-9-11-16/h5-11,15,17-19,21H,1-2,12-14H2,3-4H3/t15-,17?,18+,19?,21+/m1/s1. The maximum atomic E-state index is 12.5. The van der Waals surface area contributed by atoms with Crippen LogP contribution in [0.25, 0.3) is 0 Å². The first kappa shape index (κ1) is 21.3. The Balaban J connectivity index is 2.16. The second-order valence-corrected chi connectivity index (χ2v) is 6.29. The summed E-state index contributed by atoms with van der Waals surface area (Å²) >= 11 is 0. The van der Waals surface area contributed by atoms with Crippen LogP contribution in [0.3, 0.4) is 0 Å². The fourth-order valence-corrected chi connectivity index (χ4v) is 3.00. The molecule has 0 bridgehead atoms. The van der Waals surface area contributed by atoms with Gasteiger partial charge in [-0.2, -0.15) is 0 Å². The Kier molecular flexibility index (Phi) is 8.67. The molecule has 0 N–H and O–H groups in total. The van der Waals surface area contributed by atoms with Gasteiger partial charge in [-0.3, -0.25) is 0 Å². The van der Waals surface area contributed by atoms with E-state index in [1.54, 1.807) is 36.4 Å². The van der Waals surface area contributed by atoms with Gasteiger partial charge in [0.05, 0.1) is 31.5 Å². The molecule has 27 heavy (non-hydrogen) atoms. The van der Waals surface area contributed by atoms with Crippen molar-refractivity contribution in [3.05, 3.63) is 61.2 Å². The number of ether oxygens (including phenoxy) is 5. The van der Waals surface area contributed by atoms with E-state index in [9.17, 15) is 4.79 Å². The Morgan fingerprint density at radius 1 is 1.15 bits per heavy atom. The molecule has 0 amide bonds. The van der Waals surface area contributed by atoms with Gasteiger partial charge in [0, 0.05) is 13.0 Å². The van der Waals surface area contributed by atoms with Gasteiger partial charge in [0.15, 0.2) is 12.4 Å². The molecule has 2 unspecified atom stereocenters. The van der Waals surface area contributed by atoms with Crippen molar-refractivity contribution in [1.82, 2.24) is 0 Å². The molecule has 148 valence electrons. The number of carbonyl (C=O) groups is 1. The van der Waals surface area contributed by atoms with Gasteiger partial charge in [-0.1, -0.05) is 37.3 Å². The minimum Gasteiger partial charge on any atom is -0.451 e. The number of hydrogen-bond acceptors (Lipinski definition) is 6. The Hall–Kier alpha value is -1.99. The molecule has 6 nitrogen and oxygen atoms in total. The van der Waals surface area contributed by atoms with E-state index in [1.807, 2.05) is 13.0 Å². The summed E-state index contributed by atoms with van der Waals surface area (Å²) in [5, 5.41) is 0. The van der Waals surface area contributed by atoms with Crippen LogP contribution in [-0.4, -0.2) is 57.5 Å². The van der Waals surface area contributed by atoms with Crippen molar-refractivity contribution in [3.63, 3.8) is 0 Å². The van der Waals surface area contributed by atoms with Gasteiger partial charge in [-0.25, -0.2) is 4.79 Å². The lowest BCUT2D eigenvalue weighted by Gasteiger charge is -2.44. The van der Waals surface area contributed by atoms with E-state index in [2.05, 4.69) is 13.2 Å². The zero-order valence-corrected chi connectivity index (χ0v) is 15.9. The molecule has 1 aromatic carbocycles. The van der Waals surface area contributed by atoms with E-state index >= 15 is 0 Å². The van der Waals surface area contributed by atoms with Gasteiger partial charge in [0.1, 0.15) is 6.10 Å². The first-order valence-electron chi connectivity index (χ1n) is 8.97. The quantitative estimate of drug-likeness (QED) is 0.355. The molecule has 1 aromatic rings. The first-order valence-corrected chi connectivity index (χ1v) is 8.97. The minimum atomic E-state index is -0.763. The van der Waals surface area contributed by atoms with Crippen LogP contribution in [0.4, 0.5) is 0 Å². The molecule has 0 radical (unpaired) electrons. The number of benzene rings is 1. The summed E-state index contributed by atoms with van der Waals surface area (Å²) in [7, 11) is 1.51. The van der Waals surface area contributed by atoms with Gasteiger partial charge in [-0.05, 0) is 12.1 Å². The topological polar surface area (TPSA) is 63.2 Å². The molecule has 0 spiro atoms. The van der Waals surface area contributed by atoms with Crippen molar-refractivity contribution in [2.45, 2.75) is 31.5 Å². The van der Waals surface area contributed by atoms with Crippen LogP contribution in [0.2, 0.25) is 0 Å². The Morgan fingerprint density at radius 3 is 2.48 bits per heavy atom. The lowest BCUT2D eigenvalue weighted by molar-refractivity contribution is -0.286. The number of carbonyl (C=O) groups excluding carboxylic acids is 1. The van der Waals surface area contributed by atoms with Gasteiger partial charge in [0.25, 0.3) is 0 Å². The Morgan fingerprint density at radius 2 is 1.85 bits per heavy atom. The SMILES string of the molecule is C=CCOCC1O[C@H](OC)C(OC(=O)c2ccccc2)[C@@H](OCC=C)[C@@H]1C. The molecule has 6 heteroatoms. The third-order valence-electron chi connectivity index (χ3n) is 4.41. The fourth-order valence-electron chi connectivity index (χ4n) is 3.00. The summed E-state index contributed by atoms with van der Waals surface area (Å²) < 4.78 is 28.6. The van der Waals surface area contributed by atoms with Gasteiger partial charge in [0.2, 0.25) is 0 Å². The van der Waals surface area contributed by atoms with E-state index in [0.717, 1.165) is 0 Å². The third kappa shape index (κ3) is 5.74. The lowest BCUT2D eigenvalue weighted by Crippen LogP contribution is -2.57. The first-order chi connectivity index (χ1) is 13.1. The average Bonchev–Trinajstić information content (AvgIpc) is 2.70. The largest absolute Gasteiger partial charge is 0.451 e. The van der Waals surface area contributed by atoms with Crippen LogP contribution < -0.4 is 0 Å². The highest BCUT2D eigenvalue weighted by molar-refractivity contribution is 5.89. The molecule has 1 aliphatic heterocycles. The fraction of sp³-hybridized carbons (Fsp3) is 0.476. The molecule has 0 aliphatic carbocycles. The maximum Gasteiger partial charge on any atom is 0.338 e. The highest BCUT2D eigenvalue weighted by atomic mass is 16.7. The highest BCUT2D eigenvalue weighted by Crippen LogP contribution is 2.31.